The van der Waals surface area contributed by atoms with Crippen molar-refractivity contribution in [1.29, 1.82) is 0 Å². The fourth-order valence-corrected chi connectivity index (χ4v) is 8.03. The van der Waals surface area contributed by atoms with Gasteiger partial charge in [-0.25, -0.2) is 0 Å². The summed E-state index contributed by atoms with van der Waals surface area (Å²) in [6, 6.07) is 68.2. The lowest BCUT2D eigenvalue weighted by Crippen LogP contribution is -2.06. The number of hydrogen-bond acceptors (Lipinski definition) is 1. The topological polar surface area (TPSA) is 13.1 Å². The average molecular weight is 637 g/mol. The van der Waals surface area contributed by atoms with Gasteiger partial charge in [-0.05, 0) is 77.8 Å². The van der Waals surface area contributed by atoms with Crippen LogP contribution in [0.1, 0.15) is 22.6 Å². The second-order valence-corrected chi connectivity index (χ2v) is 13.2. The lowest BCUT2D eigenvalue weighted by Gasteiger charge is -2.23. The van der Waals surface area contributed by atoms with E-state index in [1.54, 1.807) is 0 Å². The van der Waals surface area contributed by atoms with Crippen molar-refractivity contribution in [2.45, 2.75) is 5.92 Å². The van der Waals surface area contributed by atoms with Gasteiger partial charge >= 0.3 is 0 Å². The summed E-state index contributed by atoms with van der Waals surface area (Å²) >= 11 is 0. The molecular formula is C49H32O. The first-order valence-electron chi connectivity index (χ1n) is 17.3. The summed E-state index contributed by atoms with van der Waals surface area (Å²) in [6.45, 7) is 0. The first-order chi connectivity index (χ1) is 24.8. The van der Waals surface area contributed by atoms with Gasteiger partial charge in [-0.2, -0.15) is 0 Å². The number of hydrogen-bond donors (Lipinski definition) is 0. The molecule has 1 nitrogen and oxygen atoms in total. The molecule has 0 aliphatic rings. The van der Waals surface area contributed by atoms with Crippen molar-refractivity contribution in [2.24, 2.45) is 0 Å². The van der Waals surface area contributed by atoms with Gasteiger partial charge in [-0.3, -0.25) is 0 Å². The minimum absolute atomic E-state index is 0.0448. The smallest absolute Gasteiger partial charge is 0.139 e. The van der Waals surface area contributed by atoms with Crippen LogP contribution in [0.5, 0.6) is 0 Å². The van der Waals surface area contributed by atoms with E-state index in [1.165, 1.54) is 71.3 Å². The van der Waals surface area contributed by atoms with E-state index in [4.69, 9.17) is 4.42 Å². The van der Waals surface area contributed by atoms with Crippen LogP contribution in [0.4, 0.5) is 0 Å². The van der Waals surface area contributed by atoms with Crippen LogP contribution < -0.4 is 0 Å². The second-order valence-electron chi connectivity index (χ2n) is 13.2. The van der Waals surface area contributed by atoms with Gasteiger partial charge in [-0.1, -0.05) is 176 Å². The van der Waals surface area contributed by atoms with E-state index < -0.39 is 0 Å². The van der Waals surface area contributed by atoms with Crippen LogP contribution in [-0.2, 0) is 0 Å². The molecule has 0 bridgehead atoms. The standard InChI is InChI=1S/C49H32O/c1-2-11-33(12-3-1)39-14-6-7-17-42(39)48(44-19-10-18-43-41-16-8-9-20-46(41)50-49(43)44)37-26-21-32(22-27-37)38-30-25-35-24-29-36-28-23-34-13-4-5-15-40(34)47(36)45(35)31-38/h1-31,48H. The first kappa shape index (κ1) is 28.6. The molecule has 10 rings (SSSR count). The van der Waals surface area contributed by atoms with Crippen LogP contribution in [0.25, 0.3) is 76.5 Å². The molecule has 234 valence electrons. The Bertz CT molecular complexity index is 2850. The highest BCUT2D eigenvalue weighted by molar-refractivity contribution is 6.20. The summed E-state index contributed by atoms with van der Waals surface area (Å²) in [4.78, 5) is 0. The van der Waals surface area contributed by atoms with Crippen LogP contribution in [0.2, 0.25) is 0 Å². The first-order valence-corrected chi connectivity index (χ1v) is 17.3. The van der Waals surface area contributed by atoms with Crippen LogP contribution in [0.15, 0.2) is 192 Å². The monoisotopic (exact) mass is 636 g/mol. The largest absolute Gasteiger partial charge is 0.456 e. The van der Waals surface area contributed by atoms with E-state index in [0.29, 0.717) is 0 Å². The maximum Gasteiger partial charge on any atom is 0.139 e. The zero-order valence-corrected chi connectivity index (χ0v) is 27.4. The van der Waals surface area contributed by atoms with Gasteiger partial charge in [0, 0.05) is 22.3 Å². The highest BCUT2D eigenvalue weighted by Gasteiger charge is 2.25. The molecular weight excluding hydrogens is 605 g/mol. The molecule has 0 N–H and O–H groups in total. The number of benzene rings is 9. The molecule has 0 aliphatic heterocycles. The molecule has 0 radical (unpaired) electrons. The van der Waals surface area contributed by atoms with Gasteiger partial charge in [-0.15, -0.1) is 0 Å². The van der Waals surface area contributed by atoms with E-state index in [2.05, 4.69) is 182 Å². The summed E-state index contributed by atoms with van der Waals surface area (Å²) in [7, 11) is 0. The van der Waals surface area contributed by atoms with E-state index in [9.17, 15) is 0 Å². The van der Waals surface area contributed by atoms with E-state index in [1.807, 2.05) is 6.07 Å². The van der Waals surface area contributed by atoms with Gasteiger partial charge in [0.05, 0.1) is 0 Å². The van der Waals surface area contributed by atoms with Crippen molar-refractivity contribution in [3.8, 4) is 22.3 Å². The van der Waals surface area contributed by atoms with Gasteiger partial charge in [0.15, 0.2) is 0 Å². The van der Waals surface area contributed by atoms with E-state index in [-0.39, 0.29) is 5.92 Å². The molecule has 1 atom stereocenters. The van der Waals surface area contributed by atoms with Crippen LogP contribution in [0, 0.1) is 0 Å². The lowest BCUT2D eigenvalue weighted by molar-refractivity contribution is 0.661. The Balaban J connectivity index is 1.15. The third kappa shape index (κ3) is 4.63. The van der Waals surface area contributed by atoms with E-state index in [0.717, 1.165) is 21.9 Å². The molecule has 0 fully saturated rings. The molecule has 0 saturated carbocycles. The summed E-state index contributed by atoms with van der Waals surface area (Å²) in [5.74, 6) is -0.0448. The van der Waals surface area contributed by atoms with Gasteiger partial charge in [0.25, 0.3) is 0 Å². The molecule has 0 spiro atoms. The number of fused-ring (bicyclic) bond motifs is 8. The van der Waals surface area contributed by atoms with Gasteiger partial charge < -0.3 is 4.42 Å². The molecule has 1 aromatic heterocycles. The van der Waals surface area contributed by atoms with Crippen molar-refractivity contribution in [1.82, 2.24) is 0 Å². The molecule has 0 saturated heterocycles. The zero-order chi connectivity index (χ0) is 33.0. The van der Waals surface area contributed by atoms with Crippen LogP contribution in [0.3, 0.4) is 0 Å². The Hall–Kier alpha value is -6.44. The summed E-state index contributed by atoms with van der Waals surface area (Å²) in [6.07, 6.45) is 0. The molecule has 9 aromatic carbocycles. The van der Waals surface area contributed by atoms with Crippen molar-refractivity contribution >= 4 is 54.3 Å². The van der Waals surface area contributed by atoms with Gasteiger partial charge in [0.1, 0.15) is 11.2 Å². The summed E-state index contributed by atoms with van der Waals surface area (Å²) < 4.78 is 6.65. The molecule has 10 aromatic rings. The maximum absolute atomic E-state index is 6.65. The highest BCUT2D eigenvalue weighted by atomic mass is 16.3. The number of rotatable bonds is 5. The van der Waals surface area contributed by atoms with Crippen molar-refractivity contribution in [3.05, 3.63) is 205 Å². The number of para-hydroxylation sites is 2. The average Bonchev–Trinajstić information content (AvgIpc) is 3.58. The Morgan fingerprint density at radius 3 is 1.84 bits per heavy atom. The molecule has 0 amide bonds. The normalized spacial score (nSPS) is 12.3. The molecule has 50 heavy (non-hydrogen) atoms. The second kappa shape index (κ2) is 11.6. The minimum atomic E-state index is -0.0448. The molecule has 0 aliphatic carbocycles. The fourth-order valence-electron chi connectivity index (χ4n) is 8.03. The third-order valence-corrected chi connectivity index (χ3v) is 10.4. The Labute approximate surface area is 290 Å². The molecule has 1 heteroatoms. The Morgan fingerprint density at radius 1 is 0.360 bits per heavy atom. The van der Waals surface area contributed by atoms with Gasteiger partial charge in [0.2, 0.25) is 0 Å². The predicted octanol–water partition coefficient (Wildman–Crippen LogP) is 13.6. The molecule has 1 unspecified atom stereocenters. The van der Waals surface area contributed by atoms with Crippen molar-refractivity contribution < 1.29 is 4.42 Å². The van der Waals surface area contributed by atoms with Crippen molar-refractivity contribution in [3.63, 3.8) is 0 Å². The molecule has 1 heterocycles. The summed E-state index contributed by atoms with van der Waals surface area (Å²) in [5, 5.41) is 9.97. The Morgan fingerprint density at radius 2 is 0.980 bits per heavy atom. The maximum atomic E-state index is 6.65. The zero-order valence-electron chi connectivity index (χ0n) is 27.4. The van der Waals surface area contributed by atoms with Crippen LogP contribution >= 0.6 is 0 Å². The van der Waals surface area contributed by atoms with Crippen LogP contribution in [-0.4, -0.2) is 0 Å². The minimum Gasteiger partial charge on any atom is -0.456 e. The highest BCUT2D eigenvalue weighted by Crippen LogP contribution is 2.43. The third-order valence-electron chi connectivity index (χ3n) is 10.4. The Kier molecular flexibility index (Phi) is 6.63. The lowest BCUT2D eigenvalue weighted by atomic mass is 9.80. The van der Waals surface area contributed by atoms with Crippen molar-refractivity contribution in [2.75, 3.05) is 0 Å². The predicted molar refractivity (Wildman–Crippen MR) is 211 cm³/mol. The summed E-state index contributed by atoms with van der Waals surface area (Å²) in [5.41, 5.74) is 10.3. The quantitative estimate of drug-likeness (QED) is 0.135. The fraction of sp³-hybridized carbons (Fsp3) is 0.0204. The number of furan rings is 1. The van der Waals surface area contributed by atoms with E-state index >= 15 is 0 Å². The SMILES string of the molecule is c1ccc(-c2ccccc2C(c2ccc(-c3ccc4ccc5ccc6ccccc6c5c4c3)cc2)c2cccc3c2oc2ccccc23)cc1.